The van der Waals surface area contributed by atoms with Gasteiger partial charge in [-0.2, -0.15) is 0 Å². The Morgan fingerprint density at radius 1 is 0.432 bits per heavy atom. The van der Waals surface area contributed by atoms with Crippen LogP contribution in [-0.2, 0) is 56.9 Å². The summed E-state index contributed by atoms with van der Waals surface area (Å²) in [4.78, 5) is 83.8. The number of halogens is 1. The van der Waals surface area contributed by atoms with Crippen molar-refractivity contribution in [3.8, 4) is 0 Å². The van der Waals surface area contributed by atoms with E-state index < -0.39 is 116 Å². The summed E-state index contributed by atoms with van der Waals surface area (Å²) in [5, 5.41) is 0. The van der Waals surface area contributed by atoms with Crippen molar-refractivity contribution < 1.29 is 80.9 Å². The van der Waals surface area contributed by atoms with E-state index in [1.165, 1.54) is 60.7 Å². The zero-order valence-electron chi connectivity index (χ0n) is 39.1. The van der Waals surface area contributed by atoms with Crippen LogP contribution < -0.4 is 0 Å². The first kappa shape index (κ1) is 51.1. The Kier molecular flexibility index (Phi) is 16.8. The minimum Gasteiger partial charge on any atom is -0.459 e. The van der Waals surface area contributed by atoms with E-state index in [4.69, 9.17) is 63.7 Å². The van der Waals surface area contributed by atoms with Crippen LogP contribution in [0.5, 0.6) is 0 Å². The maximum atomic E-state index is 14.4. The minimum absolute atomic E-state index is 0.0414. The Labute approximate surface area is 429 Å². The molecule has 3 aliphatic rings. The van der Waals surface area contributed by atoms with Gasteiger partial charge in [-0.3, -0.25) is 4.79 Å². The zero-order chi connectivity index (χ0) is 51.4. The Bertz CT molecular complexity index is 2850. The number of hydrogen-bond acceptors (Lipinski definition) is 17. The topological polar surface area (TPSA) is 204 Å². The van der Waals surface area contributed by atoms with Crippen molar-refractivity contribution >= 4 is 47.4 Å². The number of carbonyl (C=O) groups excluding carboxylic acids is 6. The van der Waals surface area contributed by atoms with Gasteiger partial charge in [-0.25, -0.2) is 24.0 Å². The molecule has 74 heavy (non-hydrogen) atoms. The van der Waals surface area contributed by atoms with E-state index in [1.54, 1.807) is 115 Å². The number of carbonyl (C=O) groups is 6. The van der Waals surface area contributed by atoms with E-state index >= 15 is 0 Å². The highest BCUT2D eigenvalue weighted by molar-refractivity contribution is 6.26. The summed E-state index contributed by atoms with van der Waals surface area (Å²) in [6.45, 7) is -0.891. The molecule has 18 heteroatoms. The fraction of sp³-hybridized carbons (Fsp3) is 0.250. The average Bonchev–Trinajstić information content (AvgIpc) is 3.46. The third-order valence-electron chi connectivity index (χ3n) is 12.0. The highest BCUT2D eigenvalue weighted by Gasteiger charge is 2.59. The largest absolute Gasteiger partial charge is 0.459 e. The maximum Gasteiger partial charge on any atom is 0.340 e. The molecule has 0 radical (unpaired) electrons. The van der Waals surface area contributed by atoms with Crippen LogP contribution in [0.3, 0.4) is 0 Å². The molecular formula is C56H47ClO17. The van der Waals surface area contributed by atoms with Gasteiger partial charge in [0.15, 0.2) is 30.9 Å². The molecule has 0 amide bonds. The molecule has 0 spiro atoms. The van der Waals surface area contributed by atoms with Crippen molar-refractivity contribution in [2.24, 2.45) is 0 Å². The minimum atomic E-state index is -1.90. The van der Waals surface area contributed by atoms with Gasteiger partial charge in [0.05, 0.1) is 34.4 Å². The first-order chi connectivity index (χ1) is 36.1. The fourth-order valence-corrected chi connectivity index (χ4v) is 8.49. The normalized spacial score (nSPS) is 25.2. The first-order valence-corrected chi connectivity index (χ1v) is 24.0. The lowest BCUT2D eigenvalue weighted by Crippen LogP contribution is -2.68. The molecule has 3 fully saturated rings. The standard InChI is InChI=1S/C56H47ClO17/c57-31-42(58)68-45-43-41(33-65-54(72-43)39-29-17-6-18-30-39)66-55(47(45)70-51(61)36-23-11-3-12-24-36)73-44-40(32-64-49(59)34-19-7-1-8-20-34)67-56(74-53(63)38-27-15-5-16-28-38)48(71-52(62)37-25-13-4-14-26-37)46(44)69-50(60)35-21-9-2-10-22-35/h1-30,40-41,43-48,54-56H,31-33H2/t40-,41-,43+,44-,45+,46+,47-,48+,54+,55+,56-/m1/s1. The average molecular weight is 1030 g/mol. The number of hydrogen-bond donors (Lipinski definition) is 0. The van der Waals surface area contributed by atoms with E-state index in [0.29, 0.717) is 5.56 Å². The van der Waals surface area contributed by atoms with E-state index in [-0.39, 0.29) is 34.4 Å². The molecule has 380 valence electrons. The van der Waals surface area contributed by atoms with Crippen LogP contribution in [0.15, 0.2) is 182 Å². The molecule has 0 aromatic heterocycles. The summed E-state index contributed by atoms with van der Waals surface area (Å²) in [6, 6.07) is 48.3. The van der Waals surface area contributed by atoms with Gasteiger partial charge in [0.25, 0.3) is 0 Å². The molecule has 11 atom stereocenters. The molecule has 6 aromatic rings. The summed E-state index contributed by atoms with van der Waals surface area (Å²) >= 11 is 6.05. The van der Waals surface area contributed by atoms with Crippen molar-refractivity contribution in [3.63, 3.8) is 0 Å². The summed E-state index contributed by atoms with van der Waals surface area (Å²) in [6.07, 6.45) is -17.4. The highest BCUT2D eigenvalue weighted by Crippen LogP contribution is 2.40. The molecule has 0 saturated carbocycles. The lowest BCUT2D eigenvalue weighted by Gasteiger charge is -2.50. The SMILES string of the molecule is O=C(CCl)O[C@H]1[C@H]2O[C@@H](c3ccccc3)OC[C@H]2O[C@@H](O[C@H]2[C@H](OC(=O)c3ccccc3)[C@H](OC(=O)c3ccccc3)[C@@H](OC(=O)c3ccccc3)O[C@@H]2COC(=O)c2ccccc2)[C@@H]1OC(=O)c1ccccc1. The first-order valence-electron chi connectivity index (χ1n) is 23.4. The number of rotatable bonds is 16. The molecule has 3 aliphatic heterocycles. The lowest BCUT2D eigenvalue weighted by atomic mass is 9.95. The van der Waals surface area contributed by atoms with Crippen LogP contribution in [-0.4, -0.2) is 116 Å². The third kappa shape index (κ3) is 12.3. The van der Waals surface area contributed by atoms with Crippen LogP contribution in [0.4, 0.5) is 0 Å². The van der Waals surface area contributed by atoms with Gasteiger partial charge in [0.2, 0.25) is 12.4 Å². The molecule has 3 heterocycles. The smallest absolute Gasteiger partial charge is 0.340 e. The summed E-state index contributed by atoms with van der Waals surface area (Å²) in [7, 11) is 0. The molecule has 17 nitrogen and oxygen atoms in total. The second-order valence-corrected chi connectivity index (χ2v) is 17.2. The van der Waals surface area contributed by atoms with E-state index in [0.717, 1.165) is 0 Å². The second kappa shape index (κ2) is 24.3. The van der Waals surface area contributed by atoms with Gasteiger partial charge in [-0.1, -0.05) is 121 Å². The third-order valence-corrected chi connectivity index (χ3v) is 12.2. The van der Waals surface area contributed by atoms with Gasteiger partial charge in [-0.15, -0.1) is 11.6 Å². The molecule has 0 N–H and O–H groups in total. The predicted octanol–water partition coefficient (Wildman–Crippen LogP) is 7.48. The van der Waals surface area contributed by atoms with E-state index in [1.807, 2.05) is 6.07 Å². The quantitative estimate of drug-likeness (QED) is 0.0524. The van der Waals surface area contributed by atoms with Crippen LogP contribution in [0, 0.1) is 0 Å². The van der Waals surface area contributed by atoms with Gasteiger partial charge >= 0.3 is 35.8 Å². The van der Waals surface area contributed by atoms with Gasteiger partial charge in [0.1, 0.15) is 36.9 Å². The Morgan fingerprint density at radius 2 is 0.851 bits per heavy atom. The molecule has 0 bridgehead atoms. The Morgan fingerprint density at radius 3 is 1.32 bits per heavy atom. The molecule has 0 aliphatic carbocycles. The molecule has 6 aromatic carbocycles. The van der Waals surface area contributed by atoms with Gasteiger partial charge in [0, 0.05) is 5.56 Å². The Hall–Kier alpha value is -7.77. The van der Waals surface area contributed by atoms with Crippen molar-refractivity contribution in [2.75, 3.05) is 19.1 Å². The molecule has 0 unspecified atom stereocenters. The van der Waals surface area contributed by atoms with Crippen LogP contribution >= 0.6 is 11.6 Å². The number of esters is 6. The lowest BCUT2D eigenvalue weighted by molar-refractivity contribution is -0.382. The highest BCUT2D eigenvalue weighted by atomic mass is 35.5. The number of ether oxygens (including phenoxy) is 11. The summed E-state index contributed by atoms with van der Waals surface area (Å²) in [5.74, 6) is -6.14. The monoisotopic (exact) mass is 1030 g/mol. The number of alkyl halides is 1. The van der Waals surface area contributed by atoms with Gasteiger partial charge in [-0.05, 0) is 60.7 Å². The van der Waals surface area contributed by atoms with Crippen molar-refractivity contribution in [1.29, 1.82) is 0 Å². The Balaban J connectivity index is 1.16. The summed E-state index contributed by atoms with van der Waals surface area (Å²) < 4.78 is 69.1. The predicted molar refractivity (Wildman–Crippen MR) is 258 cm³/mol. The zero-order valence-corrected chi connectivity index (χ0v) is 39.9. The van der Waals surface area contributed by atoms with Crippen molar-refractivity contribution in [1.82, 2.24) is 0 Å². The van der Waals surface area contributed by atoms with Gasteiger partial charge < -0.3 is 52.1 Å². The summed E-state index contributed by atoms with van der Waals surface area (Å²) in [5.41, 5.74) is 1.01. The molecule has 3 saturated heterocycles. The number of benzene rings is 6. The second-order valence-electron chi connectivity index (χ2n) is 16.9. The fourth-order valence-electron chi connectivity index (χ4n) is 8.43. The molecule has 9 rings (SSSR count). The van der Waals surface area contributed by atoms with Crippen molar-refractivity contribution in [2.45, 2.75) is 67.7 Å². The molecular weight excluding hydrogens is 980 g/mol. The van der Waals surface area contributed by atoms with Crippen LogP contribution in [0.1, 0.15) is 63.6 Å². The van der Waals surface area contributed by atoms with Crippen LogP contribution in [0.2, 0.25) is 0 Å². The number of fused-ring (bicyclic) bond motifs is 1. The van der Waals surface area contributed by atoms with E-state index in [9.17, 15) is 28.8 Å². The van der Waals surface area contributed by atoms with E-state index in [2.05, 4.69) is 0 Å². The van der Waals surface area contributed by atoms with Crippen LogP contribution in [0.25, 0.3) is 0 Å². The van der Waals surface area contributed by atoms with Crippen molar-refractivity contribution in [3.05, 3.63) is 215 Å². The maximum absolute atomic E-state index is 14.4.